The number of pyridine rings is 1. The maximum absolute atomic E-state index is 12.8. The van der Waals surface area contributed by atoms with Crippen molar-refractivity contribution in [2.45, 2.75) is 32.2 Å². The monoisotopic (exact) mass is 377 g/mol. The zero-order valence-electron chi connectivity index (χ0n) is 13.8. The van der Waals surface area contributed by atoms with E-state index in [9.17, 15) is 13.6 Å². The summed E-state index contributed by atoms with van der Waals surface area (Å²) in [7, 11) is 0. The third-order valence-electron chi connectivity index (χ3n) is 4.23. The summed E-state index contributed by atoms with van der Waals surface area (Å²) in [4.78, 5) is 23.3. The number of hydrogen-bond acceptors (Lipinski definition) is 7. The van der Waals surface area contributed by atoms with Crippen LogP contribution in [0.3, 0.4) is 0 Å². The van der Waals surface area contributed by atoms with Crippen molar-refractivity contribution in [1.82, 2.24) is 20.2 Å². The van der Waals surface area contributed by atoms with Crippen LogP contribution in [0.25, 0.3) is 10.8 Å². The Labute approximate surface area is 150 Å². The van der Waals surface area contributed by atoms with E-state index in [1.165, 1.54) is 17.5 Å². The fraction of sp³-hybridized carbons (Fsp3) is 0.312. The third kappa shape index (κ3) is 2.57. The summed E-state index contributed by atoms with van der Waals surface area (Å²) in [6.45, 7) is 3.99. The van der Waals surface area contributed by atoms with Gasteiger partial charge >= 0.3 is 6.43 Å². The van der Waals surface area contributed by atoms with E-state index in [0.717, 1.165) is 11.3 Å². The molecule has 0 unspecified atom stereocenters. The highest BCUT2D eigenvalue weighted by Gasteiger charge is 2.44. The minimum Gasteiger partial charge on any atom is -0.414 e. The quantitative estimate of drug-likeness (QED) is 0.693. The van der Waals surface area contributed by atoms with Crippen LogP contribution in [0.4, 0.5) is 14.5 Å². The van der Waals surface area contributed by atoms with E-state index in [4.69, 9.17) is 4.42 Å². The molecule has 1 amide bonds. The van der Waals surface area contributed by atoms with E-state index in [2.05, 4.69) is 20.2 Å². The highest BCUT2D eigenvalue weighted by atomic mass is 32.1. The predicted octanol–water partition coefficient (Wildman–Crippen LogP) is 3.35. The fourth-order valence-corrected chi connectivity index (χ4v) is 3.72. The Kier molecular flexibility index (Phi) is 3.79. The first-order valence-corrected chi connectivity index (χ1v) is 8.52. The van der Waals surface area contributed by atoms with Crippen molar-refractivity contribution in [2.75, 3.05) is 4.90 Å². The van der Waals surface area contributed by atoms with E-state index >= 15 is 0 Å². The number of alkyl halides is 2. The molecule has 0 aromatic carbocycles. The SMILES string of the molecule is CC1(C)C(=O)N(Cc2ncc(-c3nnc(C(F)F)o3)s2)c2cnccc21. The molecule has 26 heavy (non-hydrogen) atoms. The van der Waals surface area contributed by atoms with Gasteiger partial charge in [-0.05, 0) is 25.5 Å². The van der Waals surface area contributed by atoms with E-state index in [0.29, 0.717) is 9.88 Å². The van der Waals surface area contributed by atoms with Gasteiger partial charge in [0.25, 0.3) is 11.8 Å². The van der Waals surface area contributed by atoms with Crippen LogP contribution in [0, 0.1) is 0 Å². The summed E-state index contributed by atoms with van der Waals surface area (Å²) in [5, 5.41) is 7.54. The number of anilines is 1. The first kappa shape index (κ1) is 16.7. The molecule has 0 fully saturated rings. The number of halogens is 2. The molecule has 134 valence electrons. The lowest BCUT2D eigenvalue weighted by Crippen LogP contribution is -2.35. The van der Waals surface area contributed by atoms with Gasteiger partial charge in [0.1, 0.15) is 9.88 Å². The molecule has 4 heterocycles. The first-order valence-electron chi connectivity index (χ1n) is 7.71. The van der Waals surface area contributed by atoms with Crippen molar-refractivity contribution in [3.63, 3.8) is 0 Å². The van der Waals surface area contributed by atoms with Gasteiger partial charge in [-0.1, -0.05) is 0 Å². The van der Waals surface area contributed by atoms with Crippen LogP contribution in [0.15, 0.2) is 29.1 Å². The van der Waals surface area contributed by atoms with Crippen molar-refractivity contribution in [1.29, 1.82) is 0 Å². The number of amides is 1. The van der Waals surface area contributed by atoms with Crippen LogP contribution in [0.2, 0.25) is 0 Å². The topological polar surface area (TPSA) is 85.0 Å². The molecular formula is C16H13F2N5O2S. The van der Waals surface area contributed by atoms with Crippen LogP contribution in [0.1, 0.15) is 36.7 Å². The fourth-order valence-electron chi connectivity index (χ4n) is 2.89. The number of rotatable bonds is 4. The number of nitrogens with zero attached hydrogens (tertiary/aromatic N) is 5. The van der Waals surface area contributed by atoms with Gasteiger partial charge in [0.15, 0.2) is 0 Å². The summed E-state index contributed by atoms with van der Waals surface area (Å²) in [5.74, 6) is -0.791. The summed E-state index contributed by atoms with van der Waals surface area (Å²) in [5.41, 5.74) is 1.02. The van der Waals surface area contributed by atoms with Gasteiger partial charge in [0, 0.05) is 6.20 Å². The molecule has 0 spiro atoms. The van der Waals surface area contributed by atoms with Gasteiger partial charge in [-0.25, -0.2) is 4.98 Å². The van der Waals surface area contributed by atoms with Crippen molar-refractivity contribution < 1.29 is 18.0 Å². The molecule has 7 nitrogen and oxygen atoms in total. The number of hydrogen-bond donors (Lipinski definition) is 0. The molecular weight excluding hydrogens is 364 g/mol. The van der Waals surface area contributed by atoms with Crippen molar-refractivity contribution in [2.24, 2.45) is 0 Å². The Morgan fingerprint density at radius 2 is 2.12 bits per heavy atom. The van der Waals surface area contributed by atoms with Crippen molar-refractivity contribution in [3.05, 3.63) is 41.1 Å². The Bertz CT molecular complexity index is 984. The lowest BCUT2D eigenvalue weighted by molar-refractivity contribution is -0.122. The number of fused-ring (bicyclic) bond motifs is 1. The Balaban J connectivity index is 1.61. The summed E-state index contributed by atoms with van der Waals surface area (Å²) in [6, 6.07) is 1.84. The van der Waals surface area contributed by atoms with Crippen LogP contribution < -0.4 is 4.90 Å². The number of carbonyl (C=O) groups excluding carboxylic acids is 1. The standard InChI is InChI=1S/C16H13F2N5O2S/c1-16(2)8-3-4-19-5-9(8)23(15(16)24)7-11-20-6-10(26-11)13-21-22-14(25-13)12(17)18/h3-6,12H,7H2,1-2H3. The van der Waals surface area contributed by atoms with Gasteiger partial charge in [0.05, 0.1) is 30.0 Å². The summed E-state index contributed by atoms with van der Waals surface area (Å²) in [6.07, 6.45) is 1.97. The van der Waals surface area contributed by atoms with E-state index in [1.54, 1.807) is 17.3 Å². The van der Waals surface area contributed by atoms with E-state index in [-0.39, 0.29) is 18.3 Å². The Morgan fingerprint density at radius 1 is 1.31 bits per heavy atom. The molecule has 4 rings (SSSR count). The maximum atomic E-state index is 12.8. The molecule has 1 aliphatic heterocycles. The summed E-state index contributed by atoms with van der Waals surface area (Å²) < 4.78 is 30.1. The van der Waals surface area contributed by atoms with Gasteiger partial charge in [-0.2, -0.15) is 8.78 Å². The molecule has 3 aromatic rings. The minimum absolute atomic E-state index is 0.0146. The highest BCUT2D eigenvalue weighted by Crippen LogP contribution is 2.42. The second-order valence-electron chi connectivity index (χ2n) is 6.27. The van der Waals surface area contributed by atoms with Crippen molar-refractivity contribution in [3.8, 4) is 10.8 Å². The second kappa shape index (κ2) is 5.90. The molecule has 1 aliphatic rings. The average molecular weight is 377 g/mol. The van der Waals surface area contributed by atoms with E-state index in [1.807, 2.05) is 19.9 Å². The number of aromatic nitrogens is 4. The Hall–Kier alpha value is -2.75. The second-order valence-corrected chi connectivity index (χ2v) is 7.39. The zero-order valence-corrected chi connectivity index (χ0v) is 14.6. The van der Waals surface area contributed by atoms with Gasteiger partial charge in [-0.3, -0.25) is 9.78 Å². The largest absolute Gasteiger partial charge is 0.414 e. The molecule has 0 bridgehead atoms. The maximum Gasteiger partial charge on any atom is 0.314 e. The predicted molar refractivity (Wildman–Crippen MR) is 88.8 cm³/mol. The molecule has 10 heteroatoms. The van der Waals surface area contributed by atoms with Crippen LogP contribution in [-0.4, -0.2) is 26.1 Å². The molecule has 0 radical (unpaired) electrons. The normalized spacial score (nSPS) is 15.7. The minimum atomic E-state index is -2.82. The first-order chi connectivity index (χ1) is 12.4. The number of thiazole rings is 1. The van der Waals surface area contributed by atoms with Crippen molar-refractivity contribution >= 4 is 22.9 Å². The van der Waals surface area contributed by atoms with Crippen LogP contribution in [-0.2, 0) is 16.8 Å². The van der Waals surface area contributed by atoms with Gasteiger partial charge in [0.2, 0.25) is 5.91 Å². The van der Waals surface area contributed by atoms with E-state index < -0.39 is 17.7 Å². The Morgan fingerprint density at radius 3 is 2.85 bits per heavy atom. The molecule has 0 N–H and O–H groups in total. The zero-order chi connectivity index (χ0) is 18.5. The molecule has 0 saturated carbocycles. The lowest BCUT2D eigenvalue weighted by Gasteiger charge is -2.19. The summed E-state index contributed by atoms with van der Waals surface area (Å²) >= 11 is 1.21. The third-order valence-corrected chi connectivity index (χ3v) is 5.20. The molecule has 0 saturated heterocycles. The van der Waals surface area contributed by atoms with Crippen LogP contribution in [0.5, 0.6) is 0 Å². The lowest BCUT2D eigenvalue weighted by atomic mass is 9.87. The van der Waals surface area contributed by atoms with Gasteiger partial charge < -0.3 is 9.32 Å². The molecule has 0 atom stereocenters. The molecule has 0 aliphatic carbocycles. The highest BCUT2D eigenvalue weighted by molar-refractivity contribution is 7.15. The number of carbonyl (C=O) groups is 1. The molecule has 3 aromatic heterocycles. The average Bonchev–Trinajstić information content (AvgIpc) is 3.31. The smallest absolute Gasteiger partial charge is 0.314 e. The van der Waals surface area contributed by atoms with Gasteiger partial charge in [-0.15, -0.1) is 21.5 Å². The van der Waals surface area contributed by atoms with Crippen LogP contribution >= 0.6 is 11.3 Å².